The van der Waals surface area contributed by atoms with E-state index >= 15 is 0 Å². The van der Waals surface area contributed by atoms with Crippen LogP contribution in [0.1, 0.15) is 82.7 Å². The zero-order chi connectivity index (χ0) is 23.8. The second-order valence-corrected chi connectivity index (χ2v) is 12.2. The number of ether oxygens (including phenoxy) is 1. The third-order valence-electron chi connectivity index (χ3n) is 8.51. The van der Waals surface area contributed by atoms with Gasteiger partial charge in [0.15, 0.2) is 0 Å². The van der Waals surface area contributed by atoms with Gasteiger partial charge in [0.05, 0.1) is 11.8 Å². The second-order valence-electron chi connectivity index (χ2n) is 10.8. The first-order valence-corrected chi connectivity index (χ1v) is 14.2. The average Bonchev–Trinajstić information content (AvgIpc) is 3.15. The third-order valence-corrected chi connectivity index (χ3v) is 9.74. The Kier molecular flexibility index (Phi) is 7.36. The van der Waals surface area contributed by atoms with Crippen molar-refractivity contribution in [3.63, 3.8) is 0 Å². The molecular formula is C28H40FN3OS. The van der Waals surface area contributed by atoms with E-state index in [9.17, 15) is 4.39 Å². The van der Waals surface area contributed by atoms with Crippen molar-refractivity contribution in [3.05, 3.63) is 41.8 Å². The Hall–Kier alpha value is -1.40. The van der Waals surface area contributed by atoms with Crippen LogP contribution in [-0.4, -0.2) is 46.0 Å². The van der Waals surface area contributed by atoms with E-state index in [2.05, 4.69) is 37.6 Å². The van der Waals surface area contributed by atoms with E-state index in [1.54, 1.807) is 18.5 Å². The van der Waals surface area contributed by atoms with Gasteiger partial charge in [-0.25, -0.2) is 14.4 Å². The number of rotatable bonds is 10. The molecule has 7 unspecified atom stereocenters. The Labute approximate surface area is 208 Å². The molecule has 34 heavy (non-hydrogen) atoms. The van der Waals surface area contributed by atoms with E-state index in [1.165, 1.54) is 36.3 Å². The molecule has 3 aliphatic heterocycles. The highest BCUT2D eigenvalue weighted by atomic mass is 32.2. The Morgan fingerprint density at radius 3 is 2.91 bits per heavy atom. The summed E-state index contributed by atoms with van der Waals surface area (Å²) < 4.78 is 19.8. The molecule has 0 spiro atoms. The number of nitrogens with zero attached hydrogens (tertiary/aromatic N) is 3. The van der Waals surface area contributed by atoms with Crippen LogP contribution in [0.4, 0.5) is 4.39 Å². The van der Waals surface area contributed by atoms with Crippen LogP contribution in [0.5, 0.6) is 0 Å². The first kappa shape index (κ1) is 24.3. The molecule has 186 valence electrons. The highest BCUT2D eigenvalue weighted by Gasteiger charge is 2.46. The molecule has 5 rings (SSSR count). The van der Waals surface area contributed by atoms with Gasteiger partial charge in [-0.2, -0.15) is 0 Å². The first-order chi connectivity index (χ1) is 16.5. The molecule has 1 aromatic rings. The van der Waals surface area contributed by atoms with E-state index in [1.807, 2.05) is 11.8 Å². The van der Waals surface area contributed by atoms with Gasteiger partial charge in [-0.3, -0.25) is 0 Å². The number of thioether (sulfide) groups is 1. The zero-order valence-corrected chi connectivity index (χ0v) is 21.8. The monoisotopic (exact) mass is 485 g/mol. The SMILES string of the molecule is C=CCCC(CCC)C1=C2CC(Cc3ncc4c(n3)C(C3CCC(F)CC3OC)C(C)S4)CN21. The van der Waals surface area contributed by atoms with Crippen LogP contribution >= 0.6 is 11.8 Å². The van der Waals surface area contributed by atoms with Crippen molar-refractivity contribution in [1.82, 2.24) is 14.9 Å². The van der Waals surface area contributed by atoms with E-state index < -0.39 is 6.17 Å². The van der Waals surface area contributed by atoms with Gasteiger partial charge in [0.1, 0.15) is 12.0 Å². The molecule has 1 aliphatic carbocycles. The van der Waals surface area contributed by atoms with Crippen LogP contribution < -0.4 is 0 Å². The highest BCUT2D eigenvalue weighted by Crippen LogP contribution is 2.53. The largest absolute Gasteiger partial charge is 0.381 e. The van der Waals surface area contributed by atoms with Gasteiger partial charge in [-0.1, -0.05) is 26.3 Å². The molecule has 1 aromatic heterocycles. The standard InChI is InChI=1S/C28H40FN3OS/c1-5-7-9-19(8-6-2)28-22-12-18(16-32(22)28)13-25-30-15-24-27(31-25)26(17(3)34-24)21-11-10-20(29)14-23(21)33-4/h5,15,17-21,23,26H,1,6-14,16H2,2-4H3. The molecule has 0 radical (unpaired) electrons. The van der Waals surface area contributed by atoms with Crippen molar-refractivity contribution in [2.45, 2.75) is 100.0 Å². The van der Waals surface area contributed by atoms with Gasteiger partial charge in [-0.05, 0) is 50.4 Å². The first-order valence-electron chi connectivity index (χ1n) is 13.3. The quantitative estimate of drug-likeness (QED) is 0.346. The maximum absolute atomic E-state index is 14.1. The number of aromatic nitrogens is 2. The molecule has 0 bridgehead atoms. The number of alkyl halides is 1. The van der Waals surface area contributed by atoms with Crippen molar-refractivity contribution < 1.29 is 9.13 Å². The number of hydrogen-bond donors (Lipinski definition) is 0. The maximum Gasteiger partial charge on any atom is 0.128 e. The fraction of sp³-hybridized carbons (Fsp3) is 0.714. The summed E-state index contributed by atoms with van der Waals surface area (Å²) in [5.74, 6) is 2.97. The summed E-state index contributed by atoms with van der Waals surface area (Å²) in [5, 5.41) is 0.433. The molecule has 4 aliphatic rings. The zero-order valence-electron chi connectivity index (χ0n) is 21.0. The van der Waals surface area contributed by atoms with Gasteiger partial charge in [0.25, 0.3) is 0 Å². The van der Waals surface area contributed by atoms with Crippen LogP contribution in [0.15, 0.2) is 35.1 Å². The smallest absolute Gasteiger partial charge is 0.128 e. The molecule has 6 heteroatoms. The minimum Gasteiger partial charge on any atom is -0.381 e. The van der Waals surface area contributed by atoms with Crippen molar-refractivity contribution >= 4 is 11.8 Å². The summed E-state index contributed by atoms with van der Waals surface area (Å²) in [5.41, 5.74) is 4.43. The predicted molar refractivity (Wildman–Crippen MR) is 136 cm³/mol. The van der Waals surface area contributed by atoms with E-state index in [0.29, 0.717) is 41.8 Å². The average molecular weight is 486 g/mol. The van der Waals surface area contributed by atoms with Gasteiger partial charge in [-0.15, -0.1) is 18.3 Å². The van der Waals surface area contributed by atoms with Crippen LogP contribution in [-0.2, 0) is 11.2 Å². The Bertz CT molecular complexity index is 936. The summed E-state index contributed by atoms with van der Waals surface area (Å²) in [7, 11) is 1.74. The fourth-order valence-corrected chi connectivity index (χ4v) is 8.19. The van der Waals surface area contributed by atoms with Gasteiger partial charge in [0, 0.05) is 66.1 Å². The minimum atomic E-state index is -0.734. The Morgan fingerprint density at radius 2 is 2.21 bits per heavy atom. The second kappa shape index (κ2) is 10.3. The summed E-state index contributed by atoms with van der Waals surface area (Å²) >= 11 is 1.88. The molecule has 1 saturated heterocycles. The predicted octanol–water partition coefficient (Wildman–Crippen LogP) is 6.68. The lowest BCUT2D eigenvalue weighted by atomic mass is 9.74. The summed E-state index contributed by atoms with van der Waals surface area (Å²) in [6.45, 7) is 9.61. The molecule has 7 atom stereocenters. The fourth-order valence-electron chi connectivity index (χ4n) is 6.89. The molecule has 4 nitrogen and oxygen atoms in total. The Morgan fingerprint density at radius 1 is 1.35 bits per heavy atom. The molecule has 1 saturated carbocycles. The molecule has 0 aromatic carbocycles. The van der Waals surface area contributed by atoms with E-state index in [0.717, 1.165) is 31.6 Å². The van der Waals surface area contributed by atoms with Crippen LogP contribution in [0.2, 0.25) is 0 Å². The van der Waals surface area contributed by atoms with Crippen molar-refractivity contribution in [1.29, 1.82) is 0 Å². The van der Waals surface area contributed by atoms with E-state index in [-0.39, 0.29) is 6.10 Å². The summed E-state index contributed by atoms with van der Waals surface area (Å²) in [6, 6.07) is 0. The number of halogens is 1. The van der Waals surface area contributed by atoms with Crippen LogP contribution in [0.3, 0.4) is 0 Å². The van der Waals surface area contributed by atoms with Gasteiger partial charge in [0.2, 0.25) is 0 Å². The molecular weight excluding hydrogens is 445 g/mol. The number of hydrogen-bond acceptors (Lipinski definition) is 5. The van der Waals surface area contributed by atoms with Crippen LogP contribution in [0.25, 0.3) is 0 Å². The number of fused-ring (bicyclic) bond motifs is 2. The molecule has 2 fully saturated rings. The minimum absolute atomic E-state index is 0.0153. The Balaban J connectivity index is 1.26. The van der Waals surface area contributed by atoms with Crippen molar-refractivity contribution in [2.75, 3.05) is 13.7 Å². The lowest BCUT2D eigenvalue weighted by molar-refractivity contribution is -0.0132. The third kappa shape index (κ3) is 4.69. The lowest BCUT2D eigenvalue weighted by Gasteiger charge is -2.37. The molecule has 4 heterocycles. The molecule has 0 N–H and O–H groups in total. The summed E-state index contributed by atoms with van der Waals surface area (Å²) in [6.07, 6.45) is 12.4. The topological polar surface area (TPSA) is 38.0 Å². The normalized spacial score (nSPS) is 33.1. The van der Waals surface area contributed by atoms with Crippen molar-refractivity contribution in [3.8, 4) is 0 Å². The molecule has 0 amide bonds. The van der Waals surface area contributed by atoms with Crippen molar-refractivity contribution in [2.24, 2.45) is 17.8 Å². The van der Waals surface area contributed by atoms with Crippen LogP contribution in [0, 0.1) is 17.8 Å². The highest BCUT2D eigenvalue weighted by molar-refractivity contribution is 8.00. The maximum atomic E-state index is 14.1. The lowest BCUT2D eigenvalue weighted by Crippen LogP contribution is -2.37. The van der Waals surface area contributed by atoms with Gasteiger partial charge >= 0.3 is 0 Å². The van der Waals surface area contributed by atoms with E-state index in [4.69, 9.17) is 14.7 Å². The van der Waals surface area contributed by atoms with Gasteiger partial charge < -0.3 is 9.64 Å². The number of methoxy groups -OCH3 is 1. The number of allylic oxidation sites excluding steroid dienone is 3. The summed E-state index contributed by atoms with van der Waals surface area (Å²) in [4.78, 5) is 13.7.